The van der Waals surface area contributed by atoms with Crippen LogP contribution >= 0.6 is 0 Å². The number of carbonyl (C=O) groups excluding carboxylic acids is 1. The van der Waals surface area contributed by atoms with Gasteiger partial charge in [0.05, 0.1) is 18.2 Å². The normalized spacial score (nSPS) is 21.7. The van der Waals surface area contributed by atoms with Crippen molar-refractivity contribution in [2.45, 2.75) is 37.8 Å². The summed E-state index contributed by atoms with van der Waals surface area (Å²) in [5, 5.41) is 3.46. The van der Waals surface area contributed by atoms with Crippen LogP contribution in [0.1, 0.15) is 35.2 Å². The molecular formula is C21H25N3O2. The maximum absolute atomic E-state index is 12.7. The Balaban J connectivity index is 1.34. The van der Waals surface area contributed by atoms with Gasteiger partial charge in [-0.25, -0.2) is 4.98 Å². The van der Waals surface area contributed by atoms with Gasteiger partial charge in [-0.3, -0.25) is 4.79 Å². The van der Waals surface area contributed by atoms with Crippen LogP contribution in [0, 0.1) is 6.92 Å². The first-order valence-electron chi connectivity index (χ1n) is 9.31. The molecule has 0 saturated carbocycles. The molecule has 0 aliphatic carbocycles. The Labute approximate surface area is 154 Å². The Morgan fingerprint density at radius 3 is 2.81 bits per heavy atom. The van der Waals surface area contributed by atoms with E-state index in [0.29, 0.717) is 6.61 Å². The van der Waals surface area contributed by atoms with E-state index in [4.69, 9.17) is 4.74 Å². The topological polar surface area (TPSA) is 54.5 Å². The second-order valence-corrected chi connectivity index (χ2v) is 7.42. The average molecular weight is 351 g/mol. The fourth-order valence-corrected chi connectivity index (χ4v) is 4.02. The van der Waals surface area contributed by atoms with Crippen LogP contribution in [0.5, 0.6) is 0 Å². The van der Waals surface area contributed by atoms with E-state index < -0.39 is 0 Å². The minimum Gasteiger partial charge on any atom is -0.373 e. The van der Waals surface area contributed by atoms with Crippen LogP contribution < -0.4 is 5.32 Å². The van der Waals surface area contributed by atoms with Gasteiger partial charge in [-0.15, -0.1) is 0 Å². The van der Waals surface area contributed by atoms with E-state index in [-0.39, 0.29) is 17.6 Å². The van der Waals surface area contributed by atoms with Gasteiger partial charge in [0.25, 0.3) is 5.91 Å². The highest BCUT2D eigenvalue weighted by Gasteiger charge is 2.43. The molecule has 26 heavy (non-hydrogen) atoms. The van der Waals surface area contributed by atoms with E-state index in [2.05, 4.69) is 10.3 Å². The van der Waals surface area contributed by atoms with Crippen molar-refractivity contribution in [2.75, 3.05) is 25.0 Å². The van der Waals surface area contributed by atoms with Crippen molar-refractivity contribution < 1.29 is 9.53 Å². The minimum atomic E-state index is -0.101. The number of amides is 1. The Hall–Kier alpha value is -2.40. The van der Waals surface area contributed by atoms with E-state index in [0.717, 1.165) is 49.3 Å². The number of nitrogens with one attached hydrogen (secondary N) is 1. The lowest BCUT2D eigenvalue weighted by atomic mass is 9.87. The molecule has 1 N–H and O–H groups in total. The Morgan fingerprint density at radius 2 is 2.08 bits per heavy atom. The summed E-state index contributed by atoms with van der Waals surface area (Å²) in [6.07, 6.45) is 4.55. The summed E-state index contributed by atoms with van der Waals surface area (Å²) >= 11 is 0. The Kier molecular flexibility index (Phi) is 4.64. The number of rotatable bonds is 3. The highest BCUT2D eigenvalue weighted by atomic mass is 16.5. The molecular weight excluding hydrogens is 326 g/mol. The lowest BCUT2D eigenvalue weighted by Crippen LogP contribution is -2.46. The number of nitrogens with zero attached hydrogens (tertiary/aromatic N) is 2. The maximum atomic E-state index is 12.7. The number of aryl methyl sites for hydroxylation is 1. The van der Waals surface area contributed by atoms with Gasteiger partial charge in [-0.1, -0.05) is 23.8 Å². The number of aromatic nitrogens is 1. The standard InChI is InChI=1S/C21H25N3O2/c1-16-5-4-6-17(13-16)20(25)24-11-8-21(9-12-24)14-18(15-26-21)23-19-7-2-3-10-22-19/h2-7,10,13,18H,8-9,11-12,14-15H2,1H3,(H,22,23). The zero-order chi connectivity index (χ0) is 18.0. The molecule has 0 radical (unpaired) electrons. The van der Waals surface area contributed by atoms with Crippen LogP contribution in [0.2, 0.25) is 0 Å². The summed E-state index contributed by atoms with van der Waals surface area (Å²) in [6, 6.07) is 14.0. The van der Waals surface area contributed by atoms with Crippen LogP contribution in [0.25, 0.3) is 0 Å². The van der Waals surface area contributed by atoms with Crippen molar-refractivity contribution in [3.63, 3.8) is 0 Å². The van der Waals surface area contributed by atoms with Gasteiger partial charge >= 0.3 is 0 Å². The quantitative estimate of drug-likeness (QED) is 0.922. The number of hydrogen-bond donors (Lipinski definition) is 1. The number of anilines is 1. The SMILES string of the molecule is Cc1cccc(C(=O)N2CCC3(CC2)CC(Nc2ccccn2)CO3)c1. The average Bonchev–Trinajstić information content (AvgIpc) is 3.05. The number of benzene rings is 1. The first-order valence-corrected chi connectivity index (χ1v) is 9.31. The first kappa shape index (κ1) is 17.0. The summed E-state index contributed by atoms with van der Waals surface area (Å²) in [4.78, 5) is 19.0. The molecule has 3 heterocycles. The number of likely N-dealkylation sites (tertiary alicyclic amines) is 1. The third-order valence-corrected chi connectivity index (χ3v) is 5.45. The van der Waals surface area contributed by atoms with Crippen molar-refractivity contribution in [3.8, 4) is 0 Å². The number of carbonyl (C=O) groups is 1. The molecule has 1 amide bonds. The van der Waals surface area contributed by atoms with Crippen molar-refractivity contribution in [3.05, 3.63) is 59.8 Å². The van der Waals surface area contributed by atoms with Gasteiger partial charge in [0.15, 0.2) is 0 Å². The fourth-order valence-electron chi connectivity index (χ4n) is 4.02. The molecule has 136 valence electrons. The number of ether oxygens (including phenoxy) is 1. The molecule has 2 aromatic rings. The van der Waals surface area contributed by atoms with Crippen LogP contribution in [0.4, 0.5) is 5.82 Å². The molecule has 1 aromatic carbocycles. The van der Waals surface area contributed by atoms with Crippen LogP contribution in [0.3, 0.4) is 0 Å². The largest absolute Gasteiger partial charge is 0.373 e. The summed E-state index contributed by atoms with van der Waals surface area (Å²) in [5.74, 6) is 1.02. The number of pyridine rings is 1. The number of hydrogen-bond acceptors (Lipinski definition) is 4. The molecule has 2 aliphatic rings. The summed E-state index contributed by atoms with van der Waals surface area (Å²) < 4.78 is 6.19. The highest BCUT2D eigenvalue weighted by Crippen LogP contribution is 2.37. The van der Waals surface area contributed by atoms with Crippen molar-refractivity contribution >= 4 is 11.7 Å². The number of piperidine rings is 1. The van der Waals surface area contributed by atoms with Crippen molar-refractivity contribution in [1.29, 1.82) is 0 Å². The monoisotopic (exact) mass is 351 g/mol. The van der Waals surface area contributed by atoms with Gasteiger partial charge < -0.3 is 15.0 Å². The molecule has 1 aromatic heterocycles. The Morgan fingerprint density at radius 1 is 1.23 bits per heavy atom. The van der Waals surface area contributed by atoms with E-state index in [1.165, 1.54) is 0 Å². The molecule has 4 rings (SSSR count). The van der Waals surface area contributed by atoms with Gasteiger partial charge in [0.2, 0.25) is 0 Å². The van der Waals surface area contributed by atoms with Gasteiger partial charge in [0.1, 0.15) is 5.82 Å². The molecule has 5 heteroatoms. The van der Waals surface area contributed by atoms with Gasteiger partial charge in [0, 0.05) is 24.8 Å². The molecule has 1 spiro atoms. The molecule has 2 saturated heterocycles. The van der Waals surface area contributed by atoms with Gasteiger partial charge in [-0.2, -0.15) is 0 Å². The predicted octanol–water partition coefficient (Wildman–Crippen LogP) is 3.27. The molecule has 1 atom stereocenters. The van der Waals surface area contributed by atoms with Crippen LogP contribution in [-0.4, -0.2) is 47.1 Å². The lowest BCUT2D eigenvalue weighted by Gasteiger charge is -2.38. The third-order valence-electron chi connectivity index (χ3n) is 5.45. The summed E-state index contributed by atoms with van der Waals surface area (Å²) in [7, 11) is 0. The van der Waals surface area contributed by atoms with Crippen LogP contribution in [-0.2, 0) is 4.74 Å². The van der Waals surface area contributed by atoms with E-state index in [1.807, 2.05) is 54.3 Å². The molecule has 5 nitrogen and oxygen atoms in total. The second kappa shape index (κ2) is 7.08. The summed E-state index contributed by atoms with van der Waals surface area (Å²) in [6.45, 7) is 4.22. The van der Waals surface area contributed by atoms with E-state index >= 15 is 0 Å². The maximum Gasteiger partial charge on any atom is 0.253 e. The van der Waals surface area contributed by atoms with Crippen molar-refractivity contribution in [2.24, 2.45) is 0 Å². The molecule has 2 aliphatic heterocycles. The Bertz CT molecular complexity index is 770. The zero-order valence-corrected chi connectivity index (χ0v) is 15.1. The van der Waals surface area contributed by atoms with Crippen LogP contribution in [0.15, 0.2) is 48.7 Å². The highest BCUT2D eigenvalue weighted by molar-refractivity contribution is 5.94. The zero-order valence-electron chi connectivity index (χ0n) is 15.1. The molecule has 0 bridgehead atoms. The minimum absolute atomic E-state index is 0.101. The third kappa shape index (κ3) is 3.58. The molecule has 2 fully saturated rings. The fraction of sp³-hybridized carbons (Fsp3) is 0.429. The van der Waals surface area contributed by atoms with E-state index in [1.54, 1.807) is 6.20 Å². The predicted molar refractivity (Wildman–Crippen MR) is 101 cm³/mol. The first-order chi connectivity index (χ1) is 12.6. The lowest BCUT2D eigenvalue weighted by molar-refractivity contribution is -0.0388. The van der Waals surface area contributed by atoms with Gasteiger partial charge in [-0.05, 0) is 50.5 Å². The van der Waals surface area contributed by atoms with Crippen molar-refractivity contribution in [1.82, 2.24) is 9.88 Å². The second-order valence-electron chi connectivity index (χ2n) is 7.42. The van der Waals surface area contributed by atoms with E-state index in [9.17, 15) is 4.79 Å². The summed E-state index contributed by atoms with van der Waals surface area (Å²) in [5.41, 5.74) is 1.80. The molecule has 1 unspecified atom stereocenters. The smallest absolute Gasteiger partial charge is 0.253 e.